The van der Waals surface area contributed by atoms with Crippen molar-refractivity contribution < 1.29 is 14.3 Å². The zero-order chi connectivity index (χ0) is 9.26. The number of ether oxygens (including phenoxy) is 2. The molecule has 1 aromatic rings. The van der Waals surface area contributed by atoms with E-state index < -0.39 is 0 Å². The fourth-order valence-electron chi connectivity index (χ4n) is 1.42. The maximum Gasteiger partial charge on any atom is 0.188 e. The predicted octanol–water partition coefficient (Wildman–Crippen LogP) is 1.41. The fourth-order valence-corrected chi connectivity index (χ4v) is 1.42. The first-order valence-electron chi connectivity index (χ1n) is 4.09. The summed E-state index contributed by atoms with van der Waals surface area (Å²) in [5.41, 5.74) is 1.67. The number of methoxy groups -OCH3 is 1. The van der Waals surface area contributed by atoms with Crippen molar-refractivity contribution in [2.75, 3.05) is 13.7 Å². The van der Waals surface area contributed by atoms with Crippen LogP contribution in [0, 0.1) is 0 Å². The third-order valence-electron chi connectivity index (χ3n) is 2.10. The van der Waals surface area contributed by atoms with E-state index >= 15 is 0 Å². The Morgan fingerprint density at radius 1 is 1.38 bits per heavy atom. The van der Waals surface area contributed by atoms with Crippen LogP contribution in [-0.4, -0.2) is 19.5 Å². The fraction of sp³-hybridized carbons (Fsp3) is 0.300. The average molecular weight is 178 g/mol. The molecule has 1 heterocycles. The van der Waals surface area contributed by atoms with Crippen molar-refractivity contribution in [3.8, 4) is 5.75 Å². The van der Waals surface area contributed by atoms with Crippen LogP contribution in [0.2, 0.25) is 0 Å². The van der Waals surface area contributed by atoms with Gasteiger partial charge in [0.2, 0.25) is 0 Å². The van der Waals surface area contributed by atoms with E-state index in [9.17, 15) is 4.79 Å². The topological polar surface area (TPSA) is 35.5 Å². The quantitative estimate of drug-likeness (QED) is 0.652. The van der Waals surface area contributed by atoms with Crippen LogP contribution in [-0.2, 0) is 11.3 Å². The summed E-state index contributed by atoms with van der Waals surface area (Å²) in [6.07, 6.45) is 0. The molecule has 0 fully saturated rings. The monoisotopic (exact) mass is 178 g/mol. The lowest BCUT2D eigenvalue weighted by Crippen LogP contribution is -2.17. The molecule has 0 N–H and O–H groups in total. The van der Waals surface area contributed by atoms with Gasteiger partial charge in [0.05, 0.1) is 13.7 Å². The van der Waals surface area contributed by atoms with Gasteiger partial charge in [0.1, 0.15) is 12.4 Å². The summed E-state index contributed by atoms with van der Waals surface area (Å²) in [6.45, 7) is 0.692. The van der Waals surface area contributed by atoms with Crippen molar-refractivity contribution in [3.63, 3.8) is 0 Å². The van der Waals surface area contributed by atoms with Crippen LogP contribution in [0.5, 0.6) is 5.75 Å². The normalized spacial score (nSPS) is 15.3. The number of Topliss-reactive ketones (excluding diaryl/α,β-unsaturated/α-hetero) is 1. The van der Waals surface area contributed by atoms with E-state index in [0.717, 1.165) is 16.9 Å². The Hall–Kier alpha value is -1.35. The molecule has 0 aliphatic carbocycles. The molecule has 0 aromatic heterocycles. The van der Waals surface area contributed by atoms with Gasteiger partial charge in [0.25, 0.3) is 0 Å². The van der Waals surface area contributed by atoms with E-state index in [1.165, 1.54) is 0 Å². The van der Waals surface area contributed by atoms with Crippen molar-refractivity contribution in [2.45, 2.75) is 6.61 Å². The van der Waals surface area contributed by atoms with Crippen molar-refractivity contribution in [2.24, 2.45) is 0 Å². The smallest absolute Gasteiger partial charge is 0.188 e. The number of carbonyl (C=O) groups is 1. The summed E-state index contributed by atoms with van der Waals surface area (Å²) >= 11 is 0. The van der Waals surface area contributed by atoms with Gasteiger partial charge in [-0.3, -0.25) is 4.79 Å². The van der Waals surface area contributed by atoms with Crippen LogP contribution in [0.1, 0.15) is 15.9 Å². The Morgan fingerprint density at radius 2 is 2.23 bits per heavy atom. The molecule has 0 unspecified atom stereocenters. The zero-order valence-electron chi connectivity index (χ0n) is 7.37. The first kappa shape index (κ1) is 8.26. The van der Waals surface area contributed by atoms with Crippen LogP contribution in [0.25, 0.3) is 0 Å². The van der Waals surface area contributed by atoms with Crippen molar-refractivity contribution in [1.29, 1.82) is 0 Å². The highest BCUT2D eigenvalue weighted by Crippen LogP contribution is 2.21. The minimum Gasteiger partial charge on any atom is -0.497 e. The summed E-state index contributed by atoms with van der Waals surface area (Å²) in [7, 11) is 1.60. The van der Waals surface area contributed by atoms with E-state index in [2.05, 4.69) is 0 Å². The first-order chi connectivity index (χ1) is 6.31. The zero-order valence-corrected chi connectivity index (χ0v) is 7.37. The molecular weight excluding hydrogens is 168 g/mol. The Labute approximate surface area is 76.3 Å². The maximum atomic E-state index is 11.3. The molecule has 3 heteroatoms. The maximum absolute atomic E-state index is 11.3. The Balaban J connectivity index is 2.45. The number of rotatable bonds is 1. The number of hydrogen-bond donors (Lipinski definition) is 0. The Kier molecular flexibility index (Phi) is 2.02. The molecule has 1 aliphatic heterocycles. The Morgan fingerprint density at radius 3 is 3.00 bits per heavy atom. The highest BCUT2D eigenvalue weighted by Gasteiger charge is 2.17. The van der Waals surface area contributed by atoms with E-state index in [1.54, 1.807) is 19.2 Å². The molecule has 0 atom stereocenters. The Bertz CT molecular complexity index is 344. The van der Waals surface area contributed by atoms with Gasteiger partial charge in [0, 0.05) is 5.56 Å². The number of hydrogen-bond acceptors (Lipinski definition) is 3. The number of ketones is 1. The van der Waals surface area contributed by atoms with Crippen LogP contribution in [0.15, 0.2) is 18.2 Å². The minimum atomic E-state index is 0.0453. The summed E-state index contributed by atoms with van der Waals surface area (Å²) < 4.78 is 10.2. The van der Waals surface area contributed by atoms with Gasteiger partial charge in [-0.15, -0.1) is 0 Å². The summed E-state index contributed by atoms with van der Waals surface area (Å²) in [5, 5.41) is 0. The van der Waals surface area contributed by atoms with E-state index in [-0.39, 0.29) is 12.4 Å². The molecular formula is C10H10O3. The molecule has 68 valence electrons. The van der Waals surface area contributed by atoms with Crippen LogP contribution < -0.4 is 4.74 Å². The van der Waals surface area contributed by atoms with Crippen LogP contribution >= 0.6 is 0 Å². The summed E-state index contributed by atoms with van der Waals surface area (Å²) in [4.78, 5) is 11.3. The number of carbonyl (C=O) groups excluding carboxylic acids is 1. The van der Waals surface area contributed by atoms with E-state index in [4.69, 9.17) is 9.47 Å². The second kappa shape index (κ2) is 3.18. The lowest BCUT2D eigenvalue weighted by Gasteiger charge is -2.15. The van der Waals surface area contributed by atoms with Gasteiger partial charge < -0.3 is 9.47 Å². The lowest BCUT2D eigenvalue weighted by molar-refractivity contribution is 0.0665. The van der Waals surface area contributed by atoms with Crippen molar-refractivity contribution >= 4 is 5.78 Å². The predicted molar refractivity (Wildman–Crippen MR) is 47.0 cm³/mol. The molecule has 0 amide bonds. The minimum absolute atomic E-state index is 0.0453. The molecule has 0 bridgehead atoms. The van der Waals surface area contributed by atoms with E-state index in [1.807, 2.05) is 6.07 Å². The number of benzene rings is 1. The largest absolute Gasteiger partial charge is 0.497 e. The summed E-state index contributed by atoms with van der Waals surface area (Å²) in [5.74, 6) is 0.806. The van der Waals surface area contributed by atoms with Gasteiger partial charge >= 0.3 is 0 Å². The van der Waals surface area contributed by atoms with Crippen molar-refractivity contribution in [3.05, 3.63) is 29.3 Å². The van der Waals surface area contributed by atoms with Gasteiger partial charge in [-0.05, 0) is 23.8 Å². The second-order valence-electron chi connectivity index (χ2n) is 2.94. The number of fused-ring (bicyclic) bond motifs is 1. The molecule has 0 saturated heterocycles. The highest BCUT2D eigenvalue weighted by molar-refractivity contribution is 5.99. The third kappa shape index (κ3) is 1.42. The van der Waals surface area contributed by atoms with Gasteiger partial charge in [-0.2, -0.15) is 0 Å². The molecule has 1 aromatic carbocycles. The standard InChI is InChI=1S/C10H10O3/c1-12-8-2-3-9-7(4-8)5-13-6-10(9)11/h2-4H,5-6H2,1H3. The lowest BCUT2D eigenvalue weighted by atomic mass is 10.0. The molecule has 0 spiro atoms. The molecule has 1 aliphatic rings. The van der Waals surface area contributed by atoms with Crippen LogP contribution in [0.4, 0.5) is 0 Å². The van der Waals surface area contributed by atoms with E-state index in [0.29, 0.717) is 6.61 Å². The molecule has 0 saturated carbocycles. The van der Waals surface area contributed by atoms with Gasteiger partial charge in [0.15, 0.2) is 5.78 Å². The summed E-state index contributed by atoms with van der Waals surface area (Å²) in [6, 6.07) is 5.42. The molecule has 0 radical (unpaired) electrons. The first-order valence-corrected chi connectivity index (χ1v) is 4.09. The third-order valence-corrected chi connectivity index (χ3v) is 2.10. The SMILES string of the molecule is COc1ccc2c(c1)COCC2=O. The molecule has 13 heavy (non-hydrogen) atoms. The average Bonchev–Trinajstić information content (AvgIpc) is 2.18. The van der Waals surface area contributed by atoms with Gasteiger partial charge in [-0.25, -0.2) is 0 Å². The van der Waals surface area contributed by atoms with Crippen LogP contribution in [0.3, 0.4) is 0 Å². The second-order valence-corrected chi connectivity index (χ2v) is 2.94. The van der Waals surface area contributed by atoms with Crippen molar-refractivity contribution in [1.82, 2.24) is 0 Å². The molecule has 2 rings (SSSR count). The van der Waals surface area contributed by atoms with Gasteiger partial charge in [-0.1, -0.05) is 0 Å². The molecule has 3 nitrogen and oxygen atoms in total. The highest BCUT2D eigenvalue weighted by atomic mass is 16.5.